The van der Waals surface area contributed by atoms with Gasteiger partial charge in [-0.3, -0.25) is 0 Å². The molecular weight excluding hydrogens is 230 g/mol. The van der Waals surface area contributed by atoms with Gasteiger partial charge in [0.15, 0.2) is 0 Å². The highest BCUT2D eigenvalue weighted by molar-refractivity contribution is 5.58. The Kier molecular flexibility index (Phi) is 2.49. The second kappa shape index (κ2) is 4.01. The summed E-state index contributed by atoms with van der Waals surface area (Å²) in [7, 11) is 0. The van der Waals surface area contributed by atoms with Crippen molar-refractivity contribution in [2.75, 3.05) is 5.32 Å². The van der Waals surface area contributed by atoms with Gasteiger partial charge in [0.2, 0.25) is 0 Å². The van der Waals surface area contributed by atoms with Crippen LogP contribution in [0.15, 0.2) is 18.2 Å². The van der Waals surface area contributed by atoms with Gasteiger partial charge < -0.3 is 5.32 Å². The fraction of sp³-hybridized carbons (Fsp3) is 0.667. The van der Waals surface area contributed by atoms with Crippen molar-refractivity contribution in [3.8, 4) is 0 Å². The molecule has 4 bridgehead atoms. The Balaban J connectivity index is 1.66. The first-order valence-electron chi connectivity index (χ1n) is 7.98. The van der Waals surface area contributed by atoms with Crippen LogP contribution in [0.2, 0.25) is 0 Å². The summed E-state index contributed by atoms with van der Waals surface area (Å²) >= 11 is 0. The van der Waals surface area contributed by atoms with Crippen molar-refractivity contribution in [1.29, 1.82) is 0 Å². The number of rotatable bonds is 2. The number of nitrogens with one attached hydrogen (secondary N) is 1. The molecule has 102 valence electrons. The number of aryl methyl sites for hydroxylation is 2. The predicted octanol–water partition coefficient (Wildman–Crippen LogP) is 4.68. The molecule has 1 nitrogen and oxygen atoms in total. The number of anilines is 1. The smallest absolute Gasteiger partial charge is 0.0403 e. The zero-order chi connectivity index (χ0) is 13.0. The quantitative estimate of drug-likeness (QED) is 0.808. The lowest BCUT2D eigenvalue weighted by atomic mass is 9.53. The molecule has 4 saturated carbocycles. The van der Waals surface area contributed by atoms with Gasteiger partial charge in [0.25, 0.3) is 0 Å². The summed E-state index contributed by atoms with van der Waals surface area (Å²) in [5.74, 6) is 3.05. The Bertz CT molecular complexity index is 447. The van der Waals surface area contributed by atoms with Crippen LogP contribution in [0.4, 0.5) is 5.69 Å². The fourth-order valence-corrected chi connectivity index (χ4v) is 5.54. The van der Waals surface area contributed by atoms with Crippen LogP contribution in [0, 0.1) is 31.6 Å². The third-order valence-electron chi connectivity index (χ3n) is 5.91. The lowest BCUT2D eigenvalue weighted by molar-refractivity contribution is 0.0106. The monoisotopic (exact) mass is 255 g/mol. The van der Waals surface area contributed by atoms with Crippen LogP contribution in [0.1, 0.15) is 49.7 Å². The molecule has 4 aliphatic rings. The van der Waals surface area contributed by atoms with Crippen LogP contribution in [-0.2, 0) is 0 Å². The molecule has 0 atom stereocenters. The Morgan fingerprint density at radius 2 is 1.37 bits per heavy atom. The number of hydrogen-bond donors (Lipinski definition) is 1. The maximum absolute atomic E-state index is 4.02. The van der Waals surface area contributed by atoms with E-state index < -0.39 is 0 Å². The largest absolute Gasteiger partial charge is 0.379 e. The summed E-state index contributed by atoms with van der Waals surface area (Å²) in [5, 5.41) is 4.02. The van der Waals surface area contributed by atoms with E-state index in [1.165, 1.54) is 55.3 Å². The van der Waals surface area contributed by atoms with Crippen molar-refractivity contribution < 1.29 is 0 Å². The second-order valence-electron chi connectivity index (χ2n) is 7.59. The average Bonchev–Trinajstić information content (AvgIpc) is 2.32. The average molecular weight is 255 g/mol. The molecular formula is C18H25N. The summed E-state index contributed by atoms with van der Waals surface area (Å²) < 4.78 is 0. The molecule has 0 unspecified atom stereocenters. The Hall–Kier alpha value is -0.980. The van der Waals surface area contributed by atoms with E-state index >= 15 is 0 Å². The molecule has 1 aromatic rings. The highest BCUT2D eigenvalue weighted by atomic mass is 15.0. The first kappa shape index (κ1) is 11.8. The summed E-state index contributed by atoms with van der Waals surface area (Å²) in [6.07, 6.45) is 8.83. The predicted molar refractivity (Wildman–Crippen MR) is 80.4 cm³/mol. The van der Waals surface area contributed by atoms with Gasteiger partial charge in [-0.05, 0) is 81.3 Å². The topological polar surface area (TPSA) is 12.0 Å². The molecule has 0 heterocycles. The van der Waals surface area contributed by atoms with Crippen molar-refractivity contribution in [2.45, 2.75) is 57.9 Å². The first-order valence-corrected chi connectivity index (χ1v) is 7.98. The van der Waals surface area contributed by atoms with E-state index in [0.29, 0.717) is 5.54 Å². The van der Waals surface area contributed by atoms with Crippen molar-refractivity contribution in [3.05, 3.63) is 29.3 Å². The van der Waals surface area contributed by atoms with Gasteiger partial charge in [-0.1, -0.05) is 18.2 Å². The van der Waals surface area contributed by atoms with Crippen molar-refractivity contribution in [2.24, 2.45) is 17.8 Å². The van der Waals surface area contributed by atoms with Crippen molar-refractivity contribution >= 4 is 5.69 Å². The summed E-state index contributed by atoms with van der Waals surface area (Å²) in [6.45, 7) is 4.49. The second-order valence-corrected chi connectivity index (χ2v) is 7.59. The molecule has 0 saturated heterocycles. The van der Waals surface area contributed by atoms with Gasteiger partial charge in [0, 0.05) is 11.2 Å². The molecule has 0 amide bonds. The van der Waals surface area contributed by atoms with E-state index in [1.807, 2.05) is 0 Å². The molecule has 4 fully saturated rings. The molecule has 19 heavy (non-hydrogen) atoms. The van der Waals surface area contributed by atoms with Gasteiger partial charge in [-0.25, -0.2) is 0 Å². The van der Waals surface area contributed by atoms with Crippen LogP contribution in [-0.4, -0.2) is 5.54 Å². The summed E-state index contributed by atoms with van der Waals surface area (Å²) in [6, 6.07) is 6.67. The van der Waals surface area contributed by atoms with Gasteiger partial charge >= 0.3 is 0 Å². The van der Waals surface area contributed by atoms with E-state index in [-0.39, 0.29) is 0 Å². The highest BCUT2D eigenvalue weighted by Crippen LogP contribution is 2.56. The molecule has 0 aliphatic heterocycles. The van der Waals surface area contributed by atoms with Gasteiger partial charge in [-0.15, -0.1) is 0 Å². The number of hydrogen-bond acceptors (Lipinski definition) is 1. The molecule has 0 spiro atoms. The number of benzene rings is 1. The van der Waals surface area contributed by atoms with Crippen LogP contribution < -0.4 is 5.32 Å². The summed E-state index contributed by atoms with van der Waals surface area (Å²) in [5.41, 5.74) is 4.68. The normalized spacial score (nSPS) is 39.6. The lowest BCUT2D eigenvalue weighted by Crippen LogP contribution is -2.54. The van der Waals surface area contributed by atoms with E-state index in [9.17, 15) is 0 Å². The Labute approximate surface area is 116 Å². The molecule has 0 radical (unpaired) electrons. The minimum absolute atomic E-state index is 0.436. The molecule has 1 heteroatoms. The van der Waals surface area contributed by atoms with Crippen LogP contribution in [0.25, 0.3) is 0 Å². The minimum atomic E-state index is 0.436. The zero-order valence-corrected chi connectivity index (χ0v) is 12.2. The van der Waals surface area contributed by atoms with E-state index in [4.69, 9.17) is 0 Å². The Morgan fingerprint density at radius 1 is 0.895 bits per heavy atom. The van der Waals surface area contributed by atoms with E-state index in [1.54, 1.807) is 0 Å². The zero-order valence-electron chi connectivity index (χ0n) is 12.2. The van der Waals surface area contributed by atoms with Gasteiger partial charge in [0.05, 0.1) is 0 Å². The SMILES string of the molecule is Cc1cccc(C)c1NC12CC3CC(CC(C3)C1)C2. The van der Waals surface area contributed by atoms with Crippen LogP contribution in [0.5, 0.6) is 0 Å². The van der Waals surface area contributed by atoms with E-state index in [2.05, 4.69) is 37.4 Å². The number of para-hydroxylation sites is 1. The molecule has 0 aromatic heterocycles. The highest BCUT2D eigenvalue weighted by Gasteiger charge is 2.51. The van der Waals surface area contributed by atoms with Crippen molar-refractivity contribution in [3.63, 3.8) is 0 Å². The first-order chi connectivity index (χ1) is 9.13. The third-order valence-corrected chi connectivity index (χ3v) is 5.91. The molecule has 1 N–H and O–H groups in total. The Morgan fingerprint density at radius 3 is 1.84 bits per heavy atom. The molecule has 1 aromatic carbocycles. The fourth-order valence-electron chi connectivity index (χ4n) is 5.54. The minimum Gasteiger partial charge on any atom is -0.379 e. The maximum Gasteiger partial charge on any atom is 0.0403 e. The maximum atomic E-state index is 4.02. The van der Waals surface area contributed by atoms with Gasteiger partial charge in [0.1, 0.15) is 0 Å². The summed E-state index contributed by atoms with van der Waals surface area (Å²) in [4.78, 5) is 0. The third kappa shape index (κ3) is 1.89. The van der Waals surface area contributed by atoms with E-state index in [0.717, 1.165) is 17.8 Å². The standard InChI is InChI=1S/C18H25N/c1-12-4-3-5-13(2)17(12)19-18-9-14-6-15(10-18)8-16(7-14)11-18/h3-5,14-16,19H,6-11H2,1-2H3. The molecule has 4 aliphatic carbocycles. The molecule has 5 rings (SSSR count). The lowest BCUT2D eigenvalue weighted by Gasteiger charge is -2.57. The van der Waals surface area contributed by atoms with Crippen LogP contribution in [0.3, 0.4) is 0 Å². The van der Waals surface area contributed by atoms with Gasteiger partial charge in [-0.2, -0.15) is 0 Å². The van der Waals surface area contributed by atoms with Crippen LogP contribution >= 0.6 is 0 Å². The van der Waals surface area contributed by atoms with Crippen molar-refractivity contribution in [1.82, 2.24) is 0 Å².